The van der Waals surface area contributed by atoms with Gasteiger partial charge in [0.25, 0.3) is 5.91 Å². The number of carboxylic acids is 3. The minimum atomic E-state index is -1.76. The highest BCUT2D eigenvalue weighted by atomic mass is 16.6. The van der Waals surface area contributed by atoms with Crippen LogP contribution in [0, 0.1) is 0 Å². The number of amides is 1. The lowest BCUT2D eigenvalue weighted by molar-refractivity contribution is -0.145. The van der Waals surface area contributed by atoms with Crippen LogP contribution in [0.3, 0.4) is 0 Å². The van der Waals surface area contributed by atoms with Crippen molar-refractivity contribution >= 4 is 41.4 Å². The topological polar surface area (TPSA) is 241 Å². The predicted octanol–water partition coefficient (Wildman–Crippen LogP) is 0.811. The van der Waals surface area contributed by atoms with Crippen LogP contribution >= 0.6 is 0 Å². The number of rotatable bonds is 9. The molecule has 1 amide bonds. The molecule has 1 aliphatic heterocycles. The fourth-order valence-corrected chi connectivity index (χ4v) is 3.86. The molecule has 0 fully saturated rings. The van der Waals surface area contributed by atoms with E-state index in [4.69, 9.17) is 31.2 Å². The van der Waals surface area contributed by atoms with Crippen molar-refractivity contribution in [2.24, 2.45) is 16.5 Å². The smallest absolute Gasteiger partial charge is 0.343 e. The van der Waals surface area contributed by atoms with Gasteiger partial charge in [-0.3, -0.25) is 14.4 Å². The first kappa shape index (κ1) is 28.4. The summed E-state index contributed by atoms with van der Waals surface area (Å²) in [6.45, 7) is 0.0444. The first-order valence-electron chi connectivity index (χ1n) is 11.7. The van der Waals surface area contributed by atoms with Crippen LogP contribution in [-0.4, -0.2) is 63.7 Å². The summed E-state index contributed by atoms with van der Waals surface area (Å²) in [6.07, 6.45) is -0.538. The van der Waals surface area contributed by atoms with Crippen LogP contribution in [-0.2, 0) is 27.2 Å². The molecule has 1 aliphatic rings. The van der Waals surface area contributed by atoms with Crippen molar-refractivity contribution in [1.82, 2.24) is 5.32 Å². The molecule has 206 valence electrons. The summed E-state index contributed by atoms with van der Waals surface area (Å²) in [6, 6.07) is 5.49. The quantitative estimate of drug-likeness (QED) is 0.112. The number of fused-ring (bicyclic) bond motifs is 2. The Morgan fingerprint density at radius 1 is 1.05 bits per heavy atom. The second kappa shape index (κ2) is 12.4. The molecule has 0 radical (unpaired) electrons. The number of aryl methyl sites for hydroxylation is 2. The molecule has 3 rings (SSSR count). The molecule has 0 saturated carbocycles. The SMILES string of the molecule is NC(N)=Nc1ccc2c(c1)CCCOc1c(cc(CCC(=O)O)cc1C(=O)NC(CC(=O)O)C(=O)O)OC2=O. The molecule has 1 atom stereocenters. The minimum Gasteiger partial charge on any atom is -0.489 e. The molecule has 14 nitrogen and oxygen atoms in total. The maximum absolute atomic E-state index is 13.2. The van der Waals surface area contributed by atoms with Crippen LogP contribution in [0.4, 0.5) is 5.69 Å². The van der Waals surface area contributed by atoms with Gasteiger partial charge < -0.3 is 41.6 Å². The van der Waals surface area contributed by atoms with Gasteiger partial charge in [-0.2, -0.15) is 0 Å². The van der Waals surface area contributed by atoms with Gasteiger partial charge in [-0.05, 0) is 60.7 Å². The van der Waals surface area contributed by atoms with Gasteiger partial charge in [0.1, 0.15) is 6.04 Å². The van der Waals surface area contributed by atoms with Crippen LogP contribution in [0.2, 0.25) is 0 Å². The van der Waals surface area contributed by atoms with E-state index >= 15 is 0 Å². The normalized spacial score (nSPS) is 13.4. The molecule has 2 aromatic carbocycles. The second-order valence-corrected chi connectivity index (χ2v) is 8.55. The van der Waals surface area contributed by atoms with Gasteiger partial charge in [-0.1, -0.05) is 0 Å². The monoisotopic (exact) mass is 542 g/mol. The summed E-state index contributed by atoms with van der Waals surface area (Å²) in [5, 5.41) is 29.6. The number of aliphatic imine (C=N–C) groups is 1. The Morgan fingerprint density at radius 3 is 2.44 bits per heavy atom. The Kier molecular flexibility index (Phi) is 9.04. The van der Waals surface area contributed by atoms with Gasteiger partial charge in [0.2, 0.25) is 0 Å². The lowest BCUT2D eigenvalue weighted by Gasteiger charge is -2.20. The van der Waals surface area contributed by atoms with E-state index in [0.717, 1.165) is 0 Å². The summed E-state index contributed by atoms with van der Waals surface area (Å²) in [7, 11) is 0. The average molecular weight is 543 g/mol. The number of carbonyl (C=O) groups is 5. The van der Waals surface area contributed by atoms with Crippen LogP contribution in [0.5, 0.6) is 11.5 Å². The Hall–Kier alpha value is -5.14. The Labute approximate surface area is 221 Å². The molecule has 0 spiro atoms. The van der Waals surface area contributed by atoms with E-state index in [9.17, 15) is 29.1 Å². The third-order valence-corrected chi connectivity index (χ3v) is 5.58. The van der Waals surface area contributed by atoms with E-state index < -0.39 is 42.2 Å². The summed E-state index contributed by atoms with van der Waals surface area (Å²) >= 11 is 0. The standard InChI is InChI=1S/C25H26N4O10/c26-25(27)28-14-4-5-15-13(10-14)2-1-7-38-21-16(22(34)29-17(23(35)36)11-20(32)33)8-12(3-6-19(30)31)9-18(21)39-24(15)37/h4-5,8-10,17H,1-3,6-7,11H2,(H,29,34)(H,30,31)(H,32,33)(H,35,36)(H4,26,27,28). The van der Waals surface area contributed by atoms with Crippen molar-refractivity contribution < 1.29 is 48.8 Å². The Bertz CT molecular complexity index is 1350. The number of nitrogens with two attached hydrogens (primary N) is 2. The van der Waals surface area contributed by atoms with Crippen molar-refractivity contribution in [3.63, 3.8) is 0 Å². The molecule has 14 heteroatoms. The van der Waals surface area contributed by atoms with E-state index in [0.29, 0.717) is 24.1 Å². The molecular weight excluding hydrogens is 516 g/mol. The van der Waals surface area contributed by atoms with Crippen LogP contribution in [0.15, 0.2) is 35.3 Å². The largest absolute Gasteiger partial charge is 0.489 e. The van der Waals surface area contributed by atoms with Gasteiger partial charge in [0, 0.05) is 6.42 Å². The number of esters is 1. The summed E-state index contributed by atoms with van der Waals surface area (Å²) < 4.78 is 11.4. The molecule has 0 bridgehead atoms. The van der Waals surface area contributed by atoms with Crippen LogP contribution in [0.1, 0.15) is 51.1 Å². The van der Waals surface area contributed by atoms with Crippen LogP contribution in [0.25, 0.3) is 0 Å². The van der Waals surface area contributed by atoms with E-state index in [-0.39, 0.29) is 53.6 Å². The fraction of sp³-hybridized carbons (Fsp3) is 0.280. The lowest BCUT2D eigenvalue weighted by atomic mass is 10.0. The molecule has 2 aromatic rings. The highest BCUT2D eigenvalue weighted by molar-refractivity contribution is 6.01. The molecule has 0 aromatic heterocycles. The zero-order valence-electron chi connectivity index (χ0n) is 20.5. The molecule has 0 aliphatic carbocycles. The second-order valence-electron chi connectivity index (χ2n) is 8.55. The number of benzene rings is 2. The number of nitrogens with one attached hydrogen (secondary N) is 1. The van der Waals surface area contributed by atoms with Gasteiger partial charge in [0.15, 0.2) is 17.5 Å². The van der Waals surface area contributed by atoms with Gasteiger partial charge in [-0.25, -0.2) is 14.6 Å². The number of carbonyl (C=O) groups excluding carboxylic acids is 2. The van der Waals surface area contributed by atoms with Crippen molar-refractivity contribution in [1.29, 1.82) is 0 Å². The number of hydrogen-bond acceptors (Lipinski definition) is 8. The Balaban J connectivity index is 2.06. The molecule has 1 unspecified atom stereocenters. The van der Waals surface area contributed by atoms with E-state index in [1.165, 1.54) is 24.3 Å². The minimum absolute atomic E-state index is 0.0444. The average Bonchev–Trinajstić information content (AvgIpc) is 2.84. The third-order valence-electron chi connectivity index (χ3n) is 5.58. The third kappa shape index (κ3) is 7.67. The molecule has 39 heavy (non-hydrogen) atoms. The number of nitrogens with zero attached hydrogens (tertiary/aromatic N) is 1. The van der Waals surface area contributed by atoms with E-state index in [2.05, 4.69) is 10.3 Å². The van der Waals surface area contributed by atoms with Crippen molar-refractivity contribution in [2.45, 2.75) is 38.1 Å². The van der Waals surface area contributed by atoms with Crippen molar-refractivity contribution in [3.05, 3.63) is 52.6 Å². The maximum Gasteiger partial charge on any atom is 0.343 e. The summed E-state index contributed by atoms with van der Waals surface area (Å²) in [5.41, 5.74) is 12.1. The highest BCUT2D eigenvalue weighted by Crippen LogP contribution is 2.36. The summed E-state index contributed by atoms with van der Waals surface area (Å²) in [5.74, 6) is -6.49. The highest BCUT2D eigenvalue weighted by Gasteiger charge is 2.28. The number of aliphatic carboxylic acids is 3. The van der Waals surface area contributed by atoms with E-state index in [1.807, 2.05) is 0 Å². The number of carboxylic acid groups (broad SMARTS) is 3. The molecule has 1 heterocycles. The molecular formula is C25H26N4O10. The number of hydrogen-bond donors (Lipinski definition) is 6. The molecule has 0 saturated heterocycles. The predicted molar refractivity (Wildman–Crippen MR) is 134 cm³/mol. The van der Waals surface area contributed by atoms with Crippen LogP contribution < -0.4 is 26.3 Å². The molecule has 8 N–H and O–H groups in total. The summed E-state index contributed by atoms with van der Waals surface area (Å²) in [4.78, 5) is 64.0. The maximum atomic E-state index is 13.2. The zero-order valence-corrected chi connectivity index (χ0v) is 20.5. The van der Waals surface area contributed by atoms with E-state index in [1.54, 1.807) is 6.07 Å². The first-order chi connectivity index (χ1) is 18.4. The van der Waals surface area contributed by atoms with Gasteiger partial charge >= 0.3 is 23.9 Å². The van der Waals surface area contributed by atoms with Gasteiger partial charge in [0.05, 0.1) is 29.8 Å². The number of ether oxygens (including phenoxy) is 2. The fourth-order valence-electron chi connectivity index (χ4n) is 3.86. The van der Waals surface area contributed by atoms with Crippen molar-refractivity contribution in [2.75, 3.05) is 6.61 Å². The zero-order chi connectivity index (χ0) is 28.7. The first-order valence-corrected chi connectivity index (χ1v) is 11.7. The lowest BCUT2D eigenvalue weighted by Crippen LogP contribution is -2.42. The van der Waals surface area contributed by atoms with Gasteiger partial charge in [-0.15, -0.1) is 0 Å². The van der Waals surface area contributed by atoms with Crippen molar-refractivity contribution in [3.8, 4) is 11.5 Å². The number of guanidine groups is 1. The Morgan fingerprint density at radius 2 is 1.79 bits per heavy atom.